The highest BCUT2D eigenvalue weighted by atomic mass is 19.4. The van der Waals surface area contributed by atoms with Gasteiger partial charge in [-0.2, -0.15) is 13.2 Å². The Morgan fingerprint density at radius 2 is 0.970 bits per heavy atom. The molecule has 12 rings (SSSR count). The summed E-state index contributed by atoms with van der Waals surface area (Å²) in [4.78, 5) is 5.37. The fraction of sp³-hybridized carbons (Fsp3) is 0.0656. The predicted octanol–water partition coefficient (Wildman–Crippen LogP) is 14.9. The zero-order valence-corrected chi connectivity index (χ0v) is 36.6. The first-order valence-corrected chi connectivity index (χ1v) is 22.6. The van der Waals surface area contributed by atoms with E-state index in [0.29, 0.717) is 28.2 Å². The number of rotatable bonds is 5. The number of pyridine rings is 1. The predicted molar refractivity (Wildman–Crippen MR) is 271 cm³/mol. The summed E-state index contributed by atoms with van der Waals surface area (Å²) in [6, 6.07) is 53.2. The summed E-state index contributed by atoms with van der Waals surface area (Å²) in [6.07, 6.45) is 15.8. The third-order valence-corrected chi connectivity index (χ3v) is 13.3. The fourth-order valence-corrected chi connectivity index (χ4v) is 10.1. The summed E-state index contributed by atoms with van der Waals surface area (Å²) in [5.74, 6) is 0.593. The minimum atomic E-state index is -4.56. The third-order valence-electron chi connectivity index (χ3n) is 13.3. The Morgan fingerprint density at radius 1 is 0.463 bits per heavy atom. The van der Waals surface area contributed by atoms with Crippen LogP contribution in [0.1, 0.15) is 24.0 Å². The molecule has 3 aromatic heterocycles. The van der Waals surface area contributed by atoms with Gasteiger partial charge in [-0.05, 0) is 117 Å². The largest absolute Gasteiger partial charge is 0.416 e. The number of nitrogens with zero attached hydrogens (tertiary/aromatic N) is 3. The maximum absolute atomic E-state index is 14.9. The summed E-state index contributed by atoms with van der Waals surface area (Å²) >= 11 is 0. The SMILES string of the molecule is Cc1cc(-c2cc(-n3c4cc(-c5ccccc5)ccc4c4ccc(-c5ccccc5)cc43)ncc2-n2c3cc(=C4C=CC=CC4)ccc3c3ccc(=C4C=CC=CC4)cc32)cc(C(F)(F)F)c1. The molecule has 0 bridgehead atoms. The lowest BCUT2D eigenvalue weighted by Crippen LogP contribution is -2.09. The van der Waals surface area contributed by atoms with Crippen LogP contribution in [-0.2, 0) is 6.18 Å². The molecule has 2 aliphatic carbocycles. The van der Waals surface area contributed by atoms with E-state index in [9.17, 15) is 13.2 Å². The van der Waals surface area contributed by atoms with Crippen LogP contribution in [0.2, 0.25) is 0 Å². The van der Waals surface area contributed by atoms with Crippen LogP contribution in [0.25, 0.3) is 99.6 Å². The molecule has 6 heteroatoms. The van der Waals surface area contributed by atoms with Crippen LogP contribution in [0.5, 0.6) is 0 Å². The van der Waals surface area contributed by atoms with Crippen LogP contribution in [0.15, 0.2) is 213 Å². The summed E-state index contributed by atoms with van der Waals surface area (Å²) in [5.41, 5.74) is 12.0. The molecular formula is C61H42F3N3. The molecule has 3 nitrogen and oxygen atoms in total. The Kier molecular flexibility index (Phi) is 9.65. The Bertz CT molecular complexity index is 3700. The van der Waals surface area contributed by atoms with Gasteiger partial charge in [-0.15, -0.1) is 0 Å². The van der Waals surface area contributed by atoms with Crippen molar-refractivity contribution in [3.63, 3.8) is 0 Å². The van der Waals surface area contributed by atoms with Crippen molar-refractivity contribution in [2.45, 2.75) is 25.9 Å². The second-order valence-electron chi connectivity index (χ2n) is 17.5. The lowest BCUT2D eigenvalue weighted by Gasteiger charge is -2.18. The van der Waals surface area contributed by atoms with Gasteiger partial charge in [-0.25, -0.2) is 4.98 Å². The van der Waals surface area contributed by atoms with E-state index in [2.05, 4.69) is 155 Å². The van der Waals surface area contributed by atoms with Crippen molar-refractivity contribution in [3.05, 3.63) is 234 Å². The van der Waals surface area contributed by atoms with E-state index in [4.69, 9.17) is 4.98 Å². The van der Waals surface area contributed by atoms with E-state index in [1.54, 1.807) is 6.92 Å². The molecule has 322 valence electrons. The second-order valence-corrected chi connectivity index (χ2v) is 17.5. The van der Waals surface area contributed by atoms with Crippen LogP contribution in [0.3, 0.4) is 0 Å². The number of aromatic nitrogens is 3. The molecule has 10 aromatic rings. The highest BCUT2D eigenvalue weighted by Gasteiger charge is 2.32. The highest BCUT2D eigenvalue weighted by molar-refractivity contribution is 6.12. The molecule has 0 atom stereocenters. The van der Waals surface area contributed by atoms with Gasteiger partial charge in [0.1, 0.15) is 5.82 Å². The van der Waals surface area contributed by atoms with Crippen molar-refractivity contribution in [3.8, 4) is 44.9 Å². The van der Waals surface area contributed by atoms with Crippen molar-refractivity contribution in [1.82, 2.24) is 14.1 Å². The molecular weight excluding hydrogens is 832 g/mol. The standard InChI is InChI=1S/C61H42F3N3/c1-39-30-48(32-49(31-39)61(62,63)64)54-37-60(67-57-35-46(42-18-10-4-11-19-42)24-28-52(57)53-29-25-47(36-58(53)67)43-20-12-5-13-21-43)65-38-59(54)66-55-33-44(40-14-6-2-7-15-40)22-26-50(55)51-27-23-45(34-56(51)66)41-16-8-3-9-17-41/h2-14,16,18-38H,15,17H2,1H3. The number of halogens is 3. The van der Waals surface area contributed by atoms with Crippen molar-refractivity contribution in [1.29, 1.82) is 0 Å². The van der Waals surface area contributed by atoms with Crippen LogP contribution < -0.4 is 10.4 Å². The molecule has 67 heavy (non-hydrogen) atoms. The maximum Gasteiger partial charge on any atom is 0.416 e. The number of alkyl halides is 3. The van der Waals surface area contributed by atoms with Crippen molar-refractivity contribution < 1.29 is 13.2 Å². The first-order valence-electron chi connectivity index (χ1n) is 22.6. The van der Waals surface area contributed by atoms with E-state index in [-0.39, 0.29) is 0 Å². The van der Waals surface area contributed by atoms with E-state index < -0.39 is 11.7 Å². The molecule has 0 fully saturated rings. The summed E-state index contributed by atoms with van der Waals surface area (Å²) in [5, 5.41) is 6.36. The molecule has 0 amide bonds. The van der Waals surface area contributed by atoms with Gasteiger partial charge in [-0.1, -0.05) is 164 Å². The molecule has 3 heterocycles. The zero-order valence-electron chi connectivity index (χ0n) is 36.6. The number of hydrogen-bond acceptors (Lipinski definition) is 1. The van der Waals surface area contributed by atoms with Gasteiger partial charge in [0.15, 0.2) is 0 Å². The van der Waals surface area contributed by atoms with Crippen molar-refractivity contribution >= 4 is 54.8 Å². The zero-order chi connectivity index (χ0) is 45.2. The third kappa shape index (κ3) is 7.13. The molecule has 0 spiro atoms. The van der Waals surface area contributed by atoms with E-state index in [0.717, 1.165) is 89.1 Å². The number of aryl methyl sites for hydroxylation is 1. The first-order chi connectivity index (χ1) is 32.7. The van der Waals surface area contributed by atoms with Crippen LogP contribution >= 0.6 is 0 Å². The lowest BCUT2D eigenvalue weighted by atomic mass is 9.99. The molecule has 0 aliphatic heterocycles. The highest BCUT2D eigenvalue weighted by Crippen LogP contribution is 2.42. The summed E-state index contributed by atoms with van der Waals surface area (Å²) < 4.78 is 49.0. The average Bonchev–Trinajstić information content (AvgIpc) is 3.88. The lowest BCUT2D eigenvalue weighted by molar-refractivity contribution is -0.137. The van der Waals surface area contributed by atoms with Gasteiger partial charge in [0.05, 0.1) is 39.5 Å². The van der Waals surface area contributed by atoms with E-state index in [1.165, 1.54) is 23.3 Å². The maximum atomic E-state index is 14.9. The van der Waals surface area contributed by atoms with Crippen LogP contribution in [0.4, 0.5) is 13.2 Å². The van der Waals surface area contributed by atoms with Crippen LogP contribution in [-0.4, -0.2) is 14.1 Å². The molecule has 0 radical (unpaired) electrons. The second kappa shape index (κ2) is 16.0. The summed E-state index contributed by atoms with van der Waals surface area (Å²) in [7, 11) is 0. The minimum absolute atomic E-state index is 0.452. The average molecular weight is 874 g/mol. The molecule has 2 aliphatic rings. The van der Waals surface area contributed by atoms with Crippen LogP contribution in [0, 0.1) is 6.92 Å². The molecule has 0 saturated carbocycles. The summed E-state index contributed by atoms with van der Waals surface area (Å²) in [6.45, 7) is 1.73. The first kappa shape index (κ1) is 40.3. The molecule has 0 unspecified atom stereocenters. The number of benzene rings is 7. The van der Waals surface area contributed by atoms with Gasteiger partial charge in [0.25, 0.3) is 0 Å². The van der Waals surface area contributed by atoms with Gasteiger partial charge in [0, 0.05) is 27.1 Å². The monoisotopic (exact) mass is 873 g/mol. The Labute approximate surface area is 385 Å². The number of allylic oxidation sites excluding steroid dienone is 8. The smallest absolute Gasteiger partial charge is 0.307 e. The molecule has 0 saturated heterocycles. The molecule has 7 aromatic carbocycles. The quantitative estimate of drug-likeness (QED) is 0.169. The Hall–Kier alpha value is -8.22. The molecule has 0 N–H and O–H groups in total. The van der Waals surface area contributed by atoms with Gasteiger partial charge < -0.3 is 4.57 Å². The van der Waals surface area contributed by atoms with Gasteiger partial charge in [0.2, 0.25) is 0 Å². The van der Waals surface area contributed by atoms with Crippen molar-refractivity contribution in [2.24, 2.45) is 0 Å². The topological polar surface area (TPSA) is 22.8 Å². The van der Waals surface area contributed by atoms with Gasteiger partial charge in [-0.3, -0.25) is 4.57 Å². The van der Waals surface area contributed by atoms with E-state index in [1.807, 2.05) is 54.7 Å². The Balaban J connectivity index is 1.20. The van der Waals surface area contributed by atoms with Gasteiger partial charge >= 0.3 is 6.18 Å². The van der Waals surface area contributed by atoms with E-state index >= 15 is 0 Å². The Morgan fingerprint density at radius 3 is 1.46 bits per heavy atom. The normalized spacial score (nSPS) is 15.5. The van der Waals surface area contributed by atoms with Crippen molar-refractivity contribution in [2.75, 3.05) is 0 Å². The number of hydrogen-bond donors (Lipinski definition) is 0. The number of fused-ring (bicyclic) bond motifs is 6. The fourth-order valence-electron chi connectivity index (χ4n) is 10.1. The minimum Gasteiger partial charge on any atom is -0.307 e.